The summed E-state index contributed by atoms with van der Waals surface area (Å²) in [5, 5.41) is 4.47. The van der Waals surface area contributed by atoms with E-state index < -0.39 is 29.0 Å². The van der Waals surface area contributed by atoms with Gasteiger partial charge in [-0.1, -0.05) is 12.1 Å². The fourth-order valence-corrected chi connectivity index (χ4v) is 1.88. The molecule has 24 heavy (non-hydrogen) atoms. The quantitative estimate of drug-likeness (QED) is 0.747. The van der Waals surface area contributed by atoms with Gasteiger partial charge in [-0.15, -0.1) is 0 Å². The number of alkyl halides is 3. The maximum atomic E-state index is 12.7. The Hall–Kier alpha value is -2.84. The number of carbonyl (C=O) groups excluding carboxylic acids is 1. The number of pyridine rings is 1. The third-order valence-corrected chi connectivity index (χ3v) is 3.09. The van der Waals surface area contributed by atoms with Crippen LogP contribution in [-0.4, -0.2) is 17.6 Å². The van der Waals surface area contributed by atoms with E-state index in [4.69, 9.17) is 0 Å². The van der Waals surface area contributed by atoms with Crippen LogP contribution in [0.25, 0.3) is 0 Å². The maximum absolute atomic E-state index is 12.7. The molecule has 1 aromatic carbocycles. The lowest BCUT2D eigenvalue weighted by molar-refractivity contribution is -0.137. The Morgan fingerprint density at radius 2 is 1.83 bits per heavy atom. The van der Waals surface area contributed by atoms with Gasteiger partial charge in [0.05, 0.1) is 5.56 Å². The minimum atomic E-state index is -4.64. The number of amides is 2. The third kappa shape index (κ3) is 4.83. The largest absolute Gasteiger partial charge is 0.417 e. The summed E-state index contributed by atoms with van der Waals surface area (Å²) in [4.78, 5) is 25.0. The van der Waals surface area contributed by atoms with E-state index in [2.05, 4.69) is 10.6 Å². The maximum Gasteiger partial charge on any atom is 0.417 e. The van der Waals surface area contributed by atoms with Gasteiger partial charge in [0.1, 0.15) is 11.5 Å². The molecule has 0 bridgehead atoms. The van der Waals surface area contributed by atoms with E-state index in [9.17, 15) is 27.2 Å². The smallest absolute Gasteiger partial charge is 0.338 e. The van der Waals surface area contributed by atoms with Gasteiger partial charge in [0, 0.05) is 12.7 Å². The van der Waals surface area contributed by atoms with Crippen molar-refractivity contribution in [1.82, 2.24) is 10.3 Å². The van der Waals surface area contributed by atoms with E-state index >= 15 is 0 Å². The lowest BCUT2D eigenvalue weighted by Gasteiger charge is -2.10. The molecule has 0 aliphatic rings. The predicted molar refractivity (Wildman–Crippen MR) is 79.2 cm³/mol. The molecule has 9 heteroatoms. The second-order valence-corrected chi connectivity index (χ2v) is 4.89. The molecule has 5 nitrogen and oxygen atoms in total. The van der Waals surface area contributed by atoms with E-state index in [0.717, 1.165) is 5.56 Å². The van der Waals surface area contributed by atoms with Crippen LogP contribution >= 0.6 is 0 Å². The fraction of sp³-hybridized carbons (Fsp3) is 0.200. The van der Waals surface area contributed by atoms with Crippen molar-refractivity contribution in [2.24, 2.45) is 0 Å². The number of rotatable bonds is 4. The van der Waals surface area contributed by atoms with Crippen molar-refractivity contribution < 1.29 is 22.4 Å². The molecular formula is C15H13F4N3O2. The summed E-state index contributed by atoms with van der Waals surface area (Å²) in [6, 6.07) is 5.38. The minimum absolute atomic E-state index is 0.161. The molecule has 2 aromatic rings. The third-order valence-electron chi connectivity index (χ3n) is 3.09. The van der Waals surface area contributed by atoms with Gasteiger partial charge in [-0.05, 0) is 30.2 Å². The van der Waals surface area contributed by atoms with Crippen molar-refractivity contribution in [2.45, 2.75) is 12.6 Å². The molecule has 1 heterocycles. The highest BCUT2D eigenvalue weighted by atomic mass is 19.4. The molecule has 0 atom stereocenters. The van der Waals surface area contributed by atoms with Crippen LogP contribution in [-0.2, 0) is 12.6 Å². The summed E-state index contributed by atoms with van der Waals surface area (Å²) in [6.07, 6.45) is -3.72. The highest BCUT2D eigenvalue weighted by Crippen LogP contribution is 2.29. The van der Waals surface area contributed by atoms with E-state index in [1.165, 1.54) is 12.1 Å². The Kier molecular flexibility index (Phi) is 5.22. The van der Waals surface area contributed by atoms with Crippen molar-refractivity contribution in [2.75, 3.05) is 11.9 Å². The number of halogens is 4. The molecule has 0 saturated heterocycles. The van der Waals surface area contributed by atoms with Crippen LogP contribution in [0.4, 0.5) is 28.0 Å². The summed E-state index contributed by atoms with van der Waals surface area (Å²) in [6.45, 7) is 0.161. The van der Waals surface area contributed by atoms with Crippen molar-refractivity contribution in [3.05, 3.63) is 63.8 Å². The SMILES string of the molecule is O=C(NCCc1ccc(F)cc1)Nc1cc(C(F)(F)F)c[nH]c1=O. The number of hydrogen-bond acceptors (Lipinski definition) is 2. The zero-order valence-electron chi connectivity index (χ0n) is 12.2. The van der Waals surface area contributed by atoms with Crippen molar-refractivity contribution in [1.29, 1.82) is 0 Å². The molecular weight excluding hydrogens is 330 g/mol. The number of urea groups is 1. The topological polar surface area (TPSA) is 74.0 Å². The van der Waals surface area contributed by atoms with E-state index in [-0.39, 0.29) is 12.4 Å². The number of carbonyl (C=O) groups is 1. The van der Waals surface area contributed by atoms with Crippen molar-refractivity contribution in [3.63, 3.8) is 0 Å². The van der Waals surface area contributed by atoms with Crippen LogP contribution in [0.5, 0.6) is 0 Å². The Morgan fingerprint density at radius 1 is 1.17 bits per heavy atom. The first-order valence-electron chi connectivity index (χ1n) is 6.85. The van der Waals surface area contributed by atoms with Crippen LogP contribution in [0.2, 0.25) is 0 Å². The van der Waals surface area contributed by atoms with Crippen LogP contribution in [0, 0.1) is 5.82 Å². The van der Waals surface area contributed by atoms with Gasteiger partial charge in [0.25, 0.3) is 5.56 Å². The second kappa shape index (κ2) is 7.16. The monoisotopic (exact) mass is 343 g/mol. The summed E-state index contributed by atoms with van der Waals surface area (Å²) in [5.41, 5.74) is -1.67. The van der Waals surface area contributed by atoms with Gasteiger partial charge in [0.15, 0.2) is 0 Å². The molecule has 0 fully saturated rings. The molecule has 128 valence electrons. The molecule has 0 radical (unpaired) electrons. The molecule has 0 aliphatic heterocycles. The number of benzene rings is 1. The Labute approximate surface area is 133 Å². The number of hydrogen-bond donors (Lipinski definition) is 3. The van der Waals surface area contributed by atoms with Crippen LogP contribution in [0.15, 0.2) is 41.3 Å². The zero-order valence-corrected chi connectivity index (χ0v) is 12.2. The number of aromatic nitrogens is 1. The van der Waals surface area contributed by atoms with Gasteiger partial charge >= 0.3 is 12.2 Å². The van der Waals surface area contributed by atoms with Gasteiger partial charge in [-0.3, -0.25) is 4.79 Å². The van der Waals surface area contributed by atoms with Gasteiger partial charge in [-0.25, -0.2) is 9.18 Å². The predicted octanol–water partition coefficient (Wildman–Crippen LogP) is 2.90. The van der Waals surface area contributed by atoms with Gasteiger partial charge in [0.2, 0.25) is 0 Å². The average Bonchev–Trinajstić information content (AvgIpc) is 2.50. The van der Waals surface area contributed by atoms with Crippen molar-refractivity contribution >= 4 is 11.7 Å². The summed E-state index contributed by atoms with van der Waals surface area (Å²) >= 11 is 0. The Morgan fingerprint density at radius 3 is 2.46 bits per heavy atom. The first kappa shape index (κ1) is 17.5. The Balaban J connectivity index is 1.92. The fourth-order valence-electron chi connectivity index (χ4n) is 1.88. The van der Waals surface area contributed by atoms with Crippen LogP contribution < -0.4 is 16.2 Å². The highest BCUT2D eigenvalue weighted by molar-refractivity contribution is 5.89. The number of aromatic amines is 1. The molecule has 3 N–H and O–H groups in total. The molecule has 0 aliphatic carbocycles. The number of H-pyrrole nitrogens is 1. The summed E-state index contributed by atoms with van der Waals surface area (Å²) in [5.74, 6) is -0.381. The Bertz CT molecular complexity index is 770. The summed E-state index contributed by atoms with van der Waals surface area (Å²) in [7, 11) is 0. The first-order valence-corrected chi connectivity index (χ1v) is 6.85. The van der Waals surface area contributed by atoms with Crippen LogP contribution in [0.1, 0.15) is 11.1 Å². The van der Waals surface area contributed by atoms with Gasteiger partial charge in [-0.2, -0.15) is 13.2 Å². The minimum Gasteiger partial charge on any atom is -0.338 e. The van der Waals surface area contributed by atoms with E-state index in [1.807, 2.05) is 4.98 Å². The number of nitrogens with one attached hydrogen (secondary N) is 3. The second-order valence-electron chi connectivity index (χ2n) is 4.89. The molecule has 0 spiro atoms. The number of anilines is 1. The molecule has 0 unspecified atom stereocenters. The molecule has 1 aromatic heterocycles. The lowest BCUT2D eigenvalue weighted by atomic mass is 10.1. The summed E-state index contributed by atoms with van der Waals surface area (Å²) < 4.78 is 50.5. The highest BCUT2D eigenvalue weighted by Gasteiger charge is 2.31. The molecule has 2 amide bonds. The normalized spacial score (nSPS) is 11.2. The first-order chi connectivity index (χ1) is 11.3. The molecule has 0 saturated carbocycles. The van der Waals surface area contributed by atoms with Crippen molar-refractivity contribution in [3.8, 4) is 0 Å². The van der Waals surface area contributed by atoms with E-state index in [1.54, 1.807) is 12.1 Å². The van der Waals surface area contributed by atoms with Gasteiger partial charge < -0.3 is 15.6 Å². The standard InChI is InChI=1S/C15H13F4N3O2/c16-11-3-1-9(2-4-11)5-6-20-14(24)22-12-7-10(15(17,18)19)8-21-13(12)23/h1-4,7-8H,5-6H2,(H,21,23)(H2,20,22,24). The molecule has 2 rings (SSSR count). The van der Waals surface area contributed by atoms with E-state index in [0.29, 0.717) is 18.7 Å². The van der Waals surface area contributed by atoms with Crippen LogP contribution in [0.3, 0.4) is 0 Å². The zero-order chi connectivity index (χ0) is 17.7. The lowest BCUT2D eigenvalue weighted by Crippen LogP contribution is -2.32. The average molecular weight is 343 g/mol.